The molecule has 0 bridgehead atoms. The van der Waals surface area contributed by atoms with Crippen molar-refractivity contribution in [1.82, 2.24) is 5.32 Å². The van der Waals surface area contributed by atoms with Crippen molar-refractivity contribution < 1.29 is 4.79 Å². The highest BCUT2D eigenvalue weighted by Gasteiger charge is 2.07. The summed E-state index contributed by atoms with van der Waals surface area (Å²) in [5.74, 6) is -0.0228. The molecule has 0 fully saturated rings. The molecule has 3 N–H and O–H groups in total. The van der Waals surface area contributed by atoms with E-state index in [2.05, 4.69) is 27.9 Å². The second-order valence-electron chi connectivity index (χ2n) is 3.66. The molecule has 0 saturated carbocycles. The van der Waals surface area contributed by atoms with E-state index < -0.39 is 0 Å². The zero-order valence-electron chi connectivity index (χ0n) is 9.41. The lowest BCUT2D eigenvalue weighted by molar-refractivity contribution is 0.0952. The fourth-order valence-corrected chi connectivity index (χ4v) is 2.14. The molecule has 1 aromatic carbocycles. The second kappa shape index (κ2) is 7.60. The minimum absolute atomic E-state index is 0.0228. The van der Waals surface area contributed by atoms with Crippen molar-refractivity contribution in [3.8, 4) is 0 Å². The van der Waals surface area contributed by atoms with Crippen LogP contribution in [0.15, 0.2) is 24.3 Å². The van der Waals surface area contributed by atoms with Crippen molar-refractivity contribution in [1.29, 1.82) is 0 Å². The third-order valence-corrected chi connectivity index (χ3v) is 3.40. The van der Waals surface area contributed by atoms with Gasteiger partial charge in [0.05, 0.1) is 10.6 Å². The highest BCUT2D eigenvalue weighted by Crippen LogP contribution is 2.10. The minimum Gasteiger partial charge on any atom is -0.393 e. The lowest BCUT2D eigenvalue weighted by Gasteiger charge is -2.06. The molecule has 0 saturated heterocycles. The van der Waals surface area contributed by atoms with E-state index in [1.807, 2.05) is 24.3 Å². The molecule has 1 amide bonds. The molecular formula is C12H15IN2OS. The van der Waals surface area contributed by atoms with Crippen molar-refractivity contribution in [3.63, 3.8) is 0 Å². The van der Waals surface area contributed by atoms with E-state index in [4.69, 9.17) is 18.0 Å². The van der Waals surface area contributed by atoms with E-state index >= 15 is 0 Å². The van der Waals surface area contributed by atoms with Crippen LogP contribution in [0.4, 0.5) is 0 Å². The van der Waals surface area contributed by atoms with Crippen molar-refractivity contribution in [2.45, 2.75) is 19.3 Å². The summed E-state index contributed by atoms with van der Waals surface area (Å²) in [6, 6.07) is 7.53. The topological polar surface area (TPSA) is 55.1 Å². The molecule has 0 aliphatic rings. The molecule has 0 aromatic heterocycles. The number of thiocarbonyl (C=S) groups is 1. The Morgan fingerprint density at radius 3 is 2.71 bits per heavy atom. The van der Waals surface area contributed by atoms with Gasteiger partial charge in [0.15, 0.2) is 0 Å². The Balaban J connectivity index is 2.31. The Hall–Kier alpha value is -0.690. The van der Waals surface area contributed by atoms with Crippen LogP contribution in [0.1, 0.15) is 29.6 Å². The van der Waals surface area contributed by atoms with Gasteiger partial charge in [0.2, 0.25) is 0 Å². The summed E-state index contributed by atoms with van der Waals surface area (Å²) in [5, 5.41) is 2.89. The van der Waals surface area contributed by atoms with Gasteiger partial charge in [-0.05, 0) is 54.0 Å². The zero-order chi connectivity index (χ0) is 12.7. The molecule has 17 heavy (non-hydrogen) atoms. The molecular weight excluding hydrogens is 347 g/mol. The SMILES string of the molecule is NC(=S)CCCCNC(=O)c1ccccc1I. The monoisotopic (exact) mass is 362 g/mol. The Labute approximate surface area is 120 Å². The second-order valence-corrected chi connectivity index (χ2v) is 5.35. The number of nitrogens with two attached hydrogens (primary N) is 1. The van der Waals surface area contributed by atoms with Gasteiger partial charge in [-0.1, -0.05) is 24.4 Å². The molecule has 3 nitrogen and oxygen atoms in total. The normalized spacial score (nSPS) is 9.94. The van der Waals surface area contributed by atoms with Gasteiger partial charge in [-0.15, -0.1) is 0 Å². The molecule has 0 heterocycles. The Kier molecular flexibility index (Phi) is 6.43. The van der Waals surface area contributed by atoms with Crippen LogP contribution in [0.3, 0.4) is 0 Å². The third-order valence-electron chi connectivity index (χ3n) is 2.25. The van der Waals surface area contributed by atoms with E-state index in [-0.39, 0.29) is 5.91 Å². The number of benzene rings is 1. The van der Waals surface area contributed by atoms with Crippen LogP contribution >= 0.6 is 34.8 Å². The van der Waals surface area contributed by atoms with E-state index in [0.29, 0.717) is 11.5 Å². The maximum Gasteiger partial charge on any atom is 0.252 e. The summed E-state index contributed by atoms with van der Waals surface area (Å²) in [4.78, 5) is 12.3. The Morgan fingerprint density at radius 2 is 2.06 bits per heavy atom. The summed E-state index contributed by atoms with van der Waals surface area (Å²) in [6.07, 6.45) is 2.56. The average Bonchev–Trinajstić information content (AvgIpc) is 2.28. The molecule has 0 unspecified atom stereocenters. The van der Waals surface area contributed by atoms with Crippen LogP contribution in [-0.4, -0.2) is 17.4 Å². The number of amides is 1. The molecule has 0 aliphatic carbocycles. The molecule has 5 heteroatoms. The van der Waals surface area contributed by atoms with Gasteiger partial charge in [-0.3, -0.25) is 4.79 Å². The molecule has 1 rings (SSSR count). The van der Waals surface area contributed by atoms with Crippen LogP contribution in [0.5, 0.6) is 0 Å². The molecule has 1 aromatic rings. The highest BCUT2D eigenvalue weighted by atomic mass is 127. The van der Waals surface area contributed by atoms with Gasteiger partial charge in [0, 0.05) is 10.1 Å². The van der Waals surface area contributed by atoms with Gasteiger partial charge in [-0.2, -0.15) is 0 Å². The number of hydrogen-bond acceptors (Lipinski definition) is 2. The number of hydrogen-bond donors (Lipinski definition) is 2. The summed E-state index contributed by atoms with van der Waals surface area (Å²) in [7, 11) is 0. The zero-order valence-corrected chi connectivity index (χ0v) is 12.4. The van der Waals surface area contributed by atoms with Crippen molar-refractivity contribution >= 4 is 45.7 Å². The Bertz CT molecular complexity index is 409. The smallest absolute Gasteiger partial charge is 0.252 e. The average molecular weight is 362 g/mol. The van der Waals surface area contributed by atoms with Crippen LogP contribution in [0.2, 0.25) is 0 Å². The summed E-state index contributed by atoms with van der Waals surface area (Å²) in [5.41, 5.74) is 6.11. The van der Waals surface area contributed by atoms with Crippen molar-refractivity contribution in [2.75, 3.05) is 6.54 Å². The predicted octanol–water partition coefficient (Wildman–Crippen LogP) is 2.48. The molecule has 0 aliphatic heterocycles. The standard InChI is InChI=1S/C12H15IN2OS/c13-10-6-2-1-5-9(10)12(16)15-8-4-3-7-11(14)17/h1-2,5-6H,3-4,7-8H2,(H2,14,17)(H,15,16). The van der Waals surface area contributed by atoms with Crippen molar-refractivity contribution in [3.05, 3.63) is 33.4 Å². The van der Waals surface area contributed by atoms with Crippen LogP contribution in [0, 0.1) is 3.57 Å². The van der Waals surface area contributed by atoms with Gasteiger partial charge >= 0.3 is 0 Å². The largest absolute Gasteiger partial charge is 0.393 e. The molecule has 0 atom stereocenters. The van der Waals surface area contributed by atoms with Gasteiger partial charge in [-0.25, -0.2) is 0 Å². The first-order chi connectivity index (χ1) is 8.11. The Morgan fingerprint density at radius 1 is 1.35 bits per heavy atom. The number of nitrogens with one attached hydrogen (secondary N) is 1. The number of carbonyl (C=O) groups excluding carboxylic acids is 1. The maximum atomic E-state index is 11.8. The van der Waals surface area contributed by atoms with Crippen LogP contribution < -0.4 is 11.1 Å². The molecule has 0 spiro atoms. The fraction of sp³-hybridized carbons (Fsp3) is 0.333. The van der Waals surface area contributed by atoms with Gasteiger partial charge < -0.3 is 11.1 Å². The van der Waals surface area contributed by atoms with E-state index in [9.17, 15) is 4.79 Å². The number of carbonyl (C=O) groups is 1. The van der Waals surface area contributed by atoms with Crippen LogP contribution in [0.25, 0.3) is 0 Å². The first-order valence-electron chi connectivity index (χ1n) is 5.42. The third kappa shape index (κ3) is 5.45. The minimum atomic E-state index is -0.0228. The summed E-state index contributed by atoms with van der Waals surface area (Å²) >= 11 is 6.94. The maximum absolute atomic E-state index is 11.8. The first-order valence-corrected chi connectivity index (χ1v) is 6.91. The summed E-state index contributed by atoms with van der Waals surface area (Å²) < 4.78 is 0.964. The van der Waals surface area contributed by atoms with Crippen molar-refractivity contribution in [2.24, 2.45) is 5.73 Å². The quantitative estimate of drug-likeness (QED) is 0.465. The van der Waals surface area contributed by atoms with E-state index in [1.165, 1.54) is 0 Å². The van der Waals surface area contributed by atoms with Crippen LogP contribution in [-0.2, 0) is 0 Å². The summed E-state index contributed by atoms with van der Waals surface area (Å²) in [6.45, 7) is 0.659. The molecule has 92 valence electrons. The lowest BCUT2D eigenvalue weighted by atomic mass is 10.2. The van der Waals surface area contributed by atoms with E-state index in [0.717, 1.165) is 28.4 Å². The number of rotatable bonds is 6. The van der Waals surface area contributed by atoms with E-state index in [1.54, 1.807) is 0 Å². The van der Waals surface area contributed by atoms with Gasteiger partial charge in [0.1, 0.15) is 0 Å². The lowest BCUT2D eigenvalue weighted by Crippen LogP contribution is -2.25. The predicted molar refractivity (Wildman–Crippen MR) is 82.1 cm³/mol. The highest BCUT2D eigenvalue weighted by molar-refractivity contribution is 14.1. The number of unbranched alkanes of at least 4 members (excludes halogenated alkanes) is 1. The molecule has 0 radical (unpaired) electrons. The fourth-order valence-electron chi connectivity index (χ4n) is 1.37. The van der Waals surface area contributed by atoms with Gasteiger partial charge in [0.25, 0.3) is 5.91 Å². The number of halogens is 1. The first kappa shape index (κ1) is 14.4.